The van der Waals surface area contributed by atoms with Crippen LogP contribution in [0.15, 0.2) is 29.3 Å². The van der Waals surface area contributed by atoms with Crippen LogP contribution in [0.3, 0.4) is 0 Å². The number of piperidine rings is 1. The Balaban J connectivity index is 1.77. The number of anilines is 1. The van der Waals surface area contributed by atoms with Crippen molar-refractivity contribution >= 4 is 11.6 Å². The lowest BCUT2D eigenvalue weighted by Gasteiger charge is -2.40. The van der Waals surface area contributed by atoms with Gasteiger partial charge in [0.25, 0.3) is 0 Å². The molecule has 0 radical (unpaired) electrons. The molecule has 0 aromatic heterocycles. The first kappa shape index (κ1) is 11.6. The third-order valence-electron chi connectivity index (χ3n) is 3.86. The quantitative estimate of drug-likeness (QED) is 0.758. The van der Waals surface area contributed by atoms with Crippen LogP contribution in [0.25, 0.3) is 0 Å². The lowest BCUT2D eigenvalue weighted by Crippen LogP contribution is -2.47. The van der Waals surface area contributed by atoms with E-state index >= 15 is 0 Å². The van der Waals surface area contributed by atoms with E-state index in [1.165, 1.54) is 24.1 Å². The second kappa shape index (κ2) is 4.30. The van der Waals surface area contributed by atoms with Gasteiger partial charge in [-0.2, -0.15) is 0 Å². The van der Waals surface area contributed by atoms with E-state index < -0.39 is 0 Å². The third-order valence-corrected chi connectivity index (χ3v) is 3.86. The summed E-state index contributed by atoms with van der Waals surface area (Å²) in [4.78, 5) is 7.09. The summed E-state index contributed by atoms with van der Waals surface area (Å²) >= 11 is 0. The van der Waals surface area contributed by atoms with Gasteiger partial charge in [0.2, 0.25) is 0 Å². The van der Waals surface area contributed by atoms with Crippen LogP contribution < -0.4 is 5.32 Å². The van der Waals surface area contributed by atoms with E-state index in [4.69, 9.17) is 4.99 Å². The van der Waals surface area contributed by atoms with Crippen molar-refractivity contribution in [3.63, 3.8) is 0 Å². The zero-order valence-corrected chi connectivity index (χ0v) is 11.2. The molecule has 0 unspecified atom stereocenters. The molecule has 1 aromatic carbocycles. The van der Waals surface area contributed by atoms with E-state index in [0.717, 1.165) is 25.6 Å². The van der Waals surface area contributed by atoms with Crippen LogP contribution in [0.4, 0.5) is 5.69 Å². The summed E-state index contributed by atoms with van der Waals surface area (Å²) in [5.41, 5.74) is 2.91. The molecular weight excluding hydrogens is 222 g/mol. The molecule has 3 heteroatoms. The number of rotatable bonds is 0. The molecule has 1 fully saturated rings. The molecule has 96 valence electrons. The van der Waals surface area contributed by atoms with Crippen LogP contribution >= 0.6 is 0 Å². The van der Waals surface area contributed by atoms with Crippen molar-refractivity contribution in [2.75, 3.05) is 18.4 Å². The largest absolute Gasteiger partial charge is 0.342 e. The van der Waals surface area contributed by atoms with Gasteiger partial charge in [0.1, 0.15) is 0 Å². The lowest BCUT2D eigenvalue weighted by atomic mass is 9.84. The van der Waals surface area contributed by atoms with Gasteiger partial charge in [-0.25, -0.2) is 4.99 Å². The van der Waals surface area contributed by atoms with E-state index in [2.05, 4.69) is 48.3 Å². The van der Waals surface area contributed by atoms with Crippen LogP contribution in [0.2, 0.25) is 0 Å². The van der Waals surface area contributed by atoms with Crippen molar-refractivity contribution in [2.45, 2.75) is 33.2 Å². The van der Waals surface area contributed by atoms with Crippen molar-refractivity contribution in [3.05, 3.63) is 29.8 Å². The highest BCUT2D eigenvalue weighted by molar-refractivity contribution is 5.95. The van der Waals surface area contributed by atoms with E-state index in [1.807, 2.05) is 0 Å². The molecule has 1 saturated heterocycles. The molecule has 2 aliphatic rings. The van der Waals surface area contributed by atoms with E-state index in [9.17, 15) is 0 Å². The SMILES string of the molecule is CC1(C)CCCN(C2=NCc3ccccc3N2)C1. The molecule has 2 heterocycles. The minimum absolute atomic E-state index is 0.402. The smallest absolute Gasteiger partial charge is 0.198 e. The van der Waals surface area contributed by atoms with Crippen molar-refractivity contribution in [3.8, 4) is 0 Å². The van der Waals surface area contributed by atoms with Crippen molar-refractivity contribution in [1.82, 2.24) is 4.90 Å². The summed E-state index contributed by atoms with van der Waals surface area (Å²) in [6.45, 7) is 7.71. The standard InChI is InChI=1S/C15H21N3/c1-15(2)8-5-9-18(11-15)14-16-10-12-6-3-4-7-13(12)17-14/h3-4,6-7H,5,8-11H2,1-2H3,(H,16,17). The molecule has 18 heavy (non-hydrogen) atoms. The van der Waals surface area contributed by atoms with Gasteiger partial charge < -0.3 is 10.2 Å². The van der Waals surface area contributed by atoms with Crippen LogP contribution in [0, 0.1) is 5.41 Å². The Labute approximate surface area is 109 Å². The normalized spacial score (nSPS) is 21.9. The minimum atomic E-state index is 0.402. The summed E-state index contributed by atoms with van der Waals surface area (Å²) in [5.74, 6) is 1.06. The molecular formula is C15H21N3. The Hall–Kier alpha value is -1.51. The third kappa shape index (κ3) is 2.22. The maximum atomic E-state index is 4.69. The molecule has 0 aliphatic carbocycles. The summed E-state index contributed by atoms with van der Waals surface area (Å²) < 4.78 is 0. The van der Waals surface area contributed by atoms with Gasteiger partial charge in [-0.05, 0) is 29.9 Å². The predicted octanol–water partition coefficient (Wildman–Crippen LogP) is 3.09. The van der Waals surface area contributed by atoms with Crippen LogP contribution in [-0.4, -0.2) is 23.9 Å². The van der Waals surface area contributed by atoms with Gasteiger partial charge in [0.05, 0.1) is 6.54 Å². The molecule has 1 N–H and O–H groups in total. The Kier molecular flexibility index (Phi) is 2.77. The second-order valence-electron chi connectivity index (χ2n) is 6.11. The summed E-state index contributed by atoms with van der Waals surface area (Å²) in [5, 5.41) is 3.48. The first-order valence-corrected chi connectivity index (χ1v) is 6.78. The molecule has 1 aromatic rings. The van der Waals surface area contributed by atoms with Crippen molar-refractivity contribution < 1.29 is 0 Å². The van der Waals surface area contributed by atoms with E-state index in [1.54, 1.807) is 0 Å². The van der Waals surface area contributed by atoms with Gasteiger partial charge in [-0.3, -0.25) is 0 Å². The molecule has 2 aliphatic heterocycles. The monoisotopic (exact) mass is 243 g/mol. The summed E-state index contributed by atoms with van der Waals surface area (Å²) in [6, 6.07) is 8.43. The minimum Gasteiger partial charge on any atom is -0.342 e. The number of hydrogen-bond donors (Lipinski definition) is 1. The van der Waals surface area contributed by atoms with E-state index in [0.29, 0.717) is 5.41 Å². The van der Waals surface area contributed by atoms with Crippen LogP contribution in [0.5, 0.6) is 0 Å². The highest BCUT2D eigenvalue weighted by Crippen LogP contribution is 2.30. The van der Waals surface area contributed by atoms with Crippen LogP contribution in [-0.2, 0) is 6.54 Å². The maximum absolute atomic E-state index is 4.69. The fourth-order valence-corrected chi connectivity index (χ4v) is 2.88. The fourth-order valence-electron chi connectivity index (χ4n) is 2.88. The van der Waals surface area contributed by atoms with E-state index in [-0.39, 0.29) is 0 Å². The second-order valence-corrected chi connectivity index (χ2v) is 6.11. The average Bonchev–Trinajstić information content (AvgIpc) is 2.37. The van der Waals surface area contributed by atoms with Gasteiger partial charge >= 0.3 is 0 Å². The number of likely N-dealkylation sites (tertiary alicyclic amines) is 1. The number of hydrogen-bond acceptors (Lipinski definition) is 3. The number of para-hydroxylation sites is 1. The number of benzene rings is 1. The van der Waals surface area contributed by atoms with Gasteiger partial charge in [0, 0.05) is 18.8 Å². The Morgan fingerprint density at radius 2 is 2.11 bits per heavy atom. The fraction of sp³-hybridized carbons (Fsp3) is 0.533. The first-order chi connectivity index (χ1) is 8.64. The maximum Gasteiger partial charge on any atom is 0.198 e. The average molecular weight is 243 g/mol. The number of nitrogens with zero attached hydrogens (tertiary/aromatic N) is 2. The highest BCUT2D eigenvalue weighted by atomic mass is 15.3. The Bertz CT molecular complexity index is 476. The number of nitrogens with one attached hydrogen (secondary N) is 1. The lowest BCUT2D eigenvalue weighted by molar-refractivity contribution is 0.178. The summed E-state index contributed by atoms with van der Waals surface area (Å²) in [6.07, 6.45) is 2.57. The molecule has 0 spiro atoms. The summed E-state index contributed by atoms with van der Waals surface area (Å²) in [7, 11) is 0. The first-order valence-electron chi connectivity index (χ1n) is 6.78. The Morgan fingerprint density at radius 3 is 2.94 bits per heavy atom. The zero-order chi connectivity index (χ0) is 12.6. The molecule has 0 bridgehead atoms. The predicted molar refractivity (Wildman–Crippen MR) is 75.8 cm³/mol. The molecule has 0 saturated carbocycles. The Morgan fingerprint density at radius 1 is 1.28 bits per heavy atom. The number of fused-ring (bicyclic) bond motifs is 1. The highest BCUT2D eigenvalue weighted by Gasteiger charge is 2.29. The molecule has 0 amide bonds. The topological polar surface area (TPSA) is 27.6 Å². The van der Waals surface area contributed by atoms with Crippen LogP contribution in [0.1, 0.15) is 32.3 Å². The van der Waals surface area contributed by atoms with Crippen molar-refractivity contribution in [1.29, 1.82) is 0 Å². The van der Waals surface area contributed by atoms with Gasteiger partial charge in [0.15, 0.2) is 5.96 Å². The van der Waals surface area contributed by atoms with Gasteiger partial charge in [-0.1, -0.05) is 32.0 Å². The molecule has 3 nitrogen and oxygen atoms in total. The zero-order valence-electron chi connectivity index (χ0n) is 11.2. The number of guanidine groups is 1. The number of aliphatic imine (C=N–C) groups is 1. The molecule has 3 rings (SSSR count). The van der Waals surface area contributed by atoms with Gasteiger partial charge in [-0.15, -0.1) is 0 Å². The molecule has 0 atom stereocenters. The van der Waals surface area contributed by atoms with Crippen molar-refractivity contribution in [2.24, 2.45) is 10.4 Å².